The molecule has 1 unspecified atom stereocenters. The first kappa shape index (κ1) is 22.4. The van der Waals surface area contributed by atoms with Crippen molar-refractivity contribution >= 4 is 26.9 Å². The summed E-state index contributed by atoms with van der Waals surface area (Å²) in [6, 6.07) is 14.0. The van der Waals surface area contributed by atoms with Crippen molar-refractivity contribution in [2.45, 2.75) is 43.5 Å². The van der Waals surface area contributed by atoms with E-state index in [0.717, 1.165) is 30.2 Å². The van der Waals surface area contributed by atoms with Crippen molar-refractivity contribution in [2.75, 3.05) is 20.2 Å². The van der Waals surface area contributed by atoms with Crippen LogP contribution in [0.2, 0.25) is 0 Å². The molecular weight excluding hydrogens is 428 g/mol. The standard InChI is InChI=1S/C24H28N2O5S/c1-17-9-11-20(12-10-17)32(28,29)26-15-4-3-7-19(26)13-14-25-24(27)22-16-18-6-5-8-21(30-2)23(18)31-22/h5-6,8-12,16,19H,3-4,7,13-15H2,1-2H3,(H,25,27). The zero-order valence-electron chi connectivity index (χ0n) is 18.3. The highest BCUT2D eigenvalue weighted by molar-refractivity contribution is 7.89. The van der Waals surface area contributed by atoms with Crippen LogP contribution < -0.4 is 10.1 Å². The second-order valence-corrected chi connectivity index (χ2v) is 10.0. The summed E-state index contributed by atoms with van der Waals surface area (Å²) in [7, 11) is -2.01. The first-order valence-corrected chi connectivity index (χ1v) is 12.3. The molecule has 3 aromatic rings. The number of hydrogen-bond donors (Lipinski definition) is 1. The molecule has 1 atom stereocenters. The van der Waals surface area contributed by atoms with Crippen LogP contribution >= 0.6 is 0 Å². The molecule has 0 radical (unpaired) electrons. The largest absolute Gasteiger partial charge is 0.493 e. The molecule has 1 N–H and O–H groups in total. The number of aryl methyl sites for hydroxylation is 1. The minimum absolute atomic E-state index is 0.147. The van der Waals surface area contributed by atoms with Crippen molar-refractivity contribution in [3.05, 3.63) is 59.9 Å². The maximum absolute atomic E-state index is 13.2. The van der Waals surface area contributed by atoms with Crippen LogP contribution in [0.4, 0.5) is 0 Å². The zero-order chi connectivity index (χ0) is 22.7. The van der Waals surface area contributed by atoms with Gasteiger partial charge in [0.1, 0.15) is 0 Å². The van der Waals surface area contributed by atoms with Crippen LogP contribution in [0.15, 0.2) is 57.8 Å². The van der Waals surface area contributed by atoms with Gasteiger partial charge in [0.2, 0.25) is 10.0 Å². The van der Waals surface area contributed by atoms with Crippen LogP contribution in [0, 0.1) is 6.92 Å². The summed E-state index contributed by atoms with van der Waals surface area (Å²) in [4.78, 5) is 12.9. The fourth-order valence-corrected chi connectivity index (χ4v) is 5.90. The van der Waals surface area contributed by atoms with E-state index in [4.69, 9.17) is 9.15 Å². The third kappa shape index (κ3) is 4.52. The maximum Gasteiger partial charge on any atom is 0.287 e. The van der Waals surface area contributed by atoms with Crippen molar-refractivity contribution in [2.24, 2.45) is 0 Å². The molecule has 32 heavy (non-hydrogen) atoms. The topological polar surface area (TPSA) is 88.9 Å². The highest BCUT2D eigenvalue weighted by Crippen LogP contribution is 2.29. The number of carbonyl (C=O) groups is 1. The Labute approximate surface area is 188 Å². The average molecular weight is 457 g/mol. The van der Waals surface area contributed by atoms with E-state index in [1.165, 1.54) is 0 Å². The Morgan fingerprint density at radius 2 is 1.97 bits per heavy atom. The number of hydrogen-bond acceptors (Lipinski definition) is 5. The molecule has 170 valence electrons. The molecule has 7 nitrogen and oxygen atoms in total. The highest BCUT2D eigenvalue weighted by Gasteiger charge is 2.33. The number of furan rings is 1. The SMILES string of the molecule is COc1cccc2cc(C(=O)NCCC3CCCCN3S(=O)(=O)c3ccc(C)cc3)oc12. The van der Waals surface area contributed by atoms with Crippen LogP contribution in [0.3, 0.4) is 0 Å². The molecule has 1 aromatic heterocycles. The zero-order valence-corrected chi connectivity index (χ0v) is 19.2. The number of methoxy groups -OCH3 is 1. The molecule has 2 aromatic carbocycles. The second kappa shape index (κ2) is 9.34. The van der Waals surface area contributed by atoms with Crippen molar-refractivity contribution < 1.29 is 22.4 Å². The van der Waals surface area contributed by atoms with Gasteiger partial charge in [-0.2, -0.15) is 4.31 Å². The van der Waals surface area contributed by atoms with Gasteiger partial charge in [-0.3, -0.25) is 4.79 Å². The van der Waals surface area contributed by atoms with Gasteiger partial charge in [0.25, 0.3) is 5.91 Å². The van der Waals surface area contributed by atoms with E-state index >= 15 is 0 Å². The van der Waals surface area contributed by atoms with Crippen molar-refractivity contribution in [3.63, 3.8) is 0 Å². The predicted octanol–water partition coefficient (Wildman–Crippen LogP) is 4.11. The molecule has 1 amide bonds. The van der Waals surface area contributed by atoms with Crippen LogP contribution in [-0.4, -0.2) is 44.9 Å². The van der Waals surface area contributed by atoms with Crippen molar-refractivity contribution in [3.8, 4) is 5.75 Å². The van der Waals surface area contributed by atoms with Crippen LogP contribution in [0.1, 0.15) is 41.8 Å². The van der Waals surface area contributed by atoms with Crippen LogP contribution in [-0.2, 0) is 10.0 Å². The van der Waals surface area contributed by atoms with Gasteiger partial charge in [-0.15, -0.1) is 0 Å². The second-order valence-electron chi connectivity index (χ2n) is 8.11. The van der Waals surface area contributed by atoms with E-state index in [9.17, 15) is 13.2 Å². The minimum atomic E-state index is -3.57. The first-order valence-electron chi connectivity index (χ1n) is 10.8. The first-order chi connectivity index (χ1) is 15.4. The van der Waals surface area contributed by atoms with Gasteiger partial charge >= 0.3 is 0 Å². The number of amides is 1. The number of rotatable bonds is 7. The lowest BCUT2D eigenvalue weighted by Gasteiger charge is -2.34. The Morgan fingerprint density at radius 3 is 2.72 bits per heavy atom. The van der Waals surface area contributed by atoms with E-state index in [0.29, 0.717) is 35.7 Å². The Balaban J connectivity index is 1.42. The molecular formula is C24H28N2O5S. The van der Waals surface area contributed by atoms with Gasteiger partial charge in [-0.1, -0.05) is 36.2 Å². The van der Waals surface area contributed by atoms with Gasteiger partial charge in [0.15, 0.2) is 17.1 Å². The van der Waals surface area contributed by atoms with Crippen molar-refractivity contribution in [1.82, 2.24) is 9.62 Å². The number of ether oxygens (including phenoxy) is 1. The summed E-state index contributed by atoms with van der Waals surface area (Å²) in [5, 5.41) is 3.66. The lowest BCUT2D eigenvalue weighted by molar-refractivity contribution is 0.0924. The van der Waals surface area contributed by atoms with E-state index < -0.39 is 10.0 Å². The molecule has 0 bridgehead atoms. The van der Waals surface area contributed by atoms with Gasteiger partial charge in [0.05, 0.1) is 12.0 Å². The quantitative estimate of drug-likeness (QED) is 0.578. The number of fused-ring (bicyclic) bond motifs is 1. The summed E-state index contributed by atoms with van der Waals surface area (Å²) in [6.45, 7) is 2.79. The normalized spacial score (nSPS) is 17.4. The molecule has 0 saturated carbocycles. The monoisotopic (exact) mass is 456 g/mol. The molecule has 0 aliphatic carbocycles. The highest BCUT2D eigenvalue weighted by atomic mass is 32.2. The maximum atomic E-state index is 13.2. The molecule has 1 saturated heterocycles. The molecule has 1 aliphatic heterocycles. The summed E-state index contributed by atoms with van der Waals surface area (Å²) < 4.78 is 39.0. The Kier molecular flexibility index (Phi) is 6.53. The molecule has 8 heteroatoms. The summed E-state index contributed by atoms with van der Waals surface area (Å²) in [5.41, 5.74) is 1.55. The number of nitrogens with zero attached hydrogens (tertiary/aromatic N) is 1. The van der Waals surface area contributed by atoms with Gasteiger partial charge in [-0.25, -0.2) is 8.42 Å². The summed E-state index contributed by atoms with van der Waals surface area (Å²) in [6.07, 6.45) is 3.14. The van der Waals surface area contributed by atoms with Crippen molar-refractivity contribution in [1.29, 1.82) is 0 Å². The van der Waals surface area contributed by atoms with E-state index in [2.05, 4.69) is 5.32 Å². The van der Waals surface area contributed by atoms with Crippen LogP contribution in [0.5, 0.6) is 5.75 Å². The van der Waals surface area contributed by atoms with Gasteiger partial charge < -0.3 is 14.5 Å². The summed E-state index contributed by atoms with van der Waals surface area (Å²) >= 11 is 0. The fourth-order valence-electron chi connectivity index (χ4n) is 4.17. The number of para-hydroxylation sites is 1. The number of piperidine rings is 1. The summed E-state index contributed by atoms with van der Waals surface area (Å²) in [5.74, 6) is 0.449. The molecule has 1 fully saturated rings. The molecule has 4 rings (SSSR count). The molecule has 0 spiro atoms. The van der Waals surface area contributed by atoms with E-state index in [-0.39, 0.29) is 17.7 Å². The minimum Gasteiger partial charge on any atom is -0.493 e. The number of sulfonamides is 1. The van der Waals surface area contributed by atoms with Gasteiger partial charge in [0, 0.05) is 24.5 Å². The van der Waals surface area contributed by atoms with E-state index in [1.807, 2.05) is 31.2 Å². The number of nitrogens with one attached hydrogen (secondary N) is 1. The Morgan fingerprint density at radius 1 is 1.19 bits per heavy atom. The smallest absolute Gasteiger partial charge is 0.287 e. The van der Waals surface area contributed by atoms with Crippen LogP contribution in [0.25, 0.3) is 11.0 Å². The van der Waals surface area contributed by atoms with Gasteiger partial charge in [-0.05, 0) is 50.5 Å². The molecule has 2 heterocycles. The number of carbonyl (C=O) groups excluding carboxylic acids is 1. The van der Waals surface area contributed by atoms with E-state index in [1.54, 1.807) is 35.7 Å². The number of benzene rings is 2. The lowest BCUT2D eigenvalue weighted by atomic mass is 10.0. The fraction of sp³-hybridized carbons (Fsp3) is 0.375. The Bertz CT molecular complexity index is 1200. The molecule has 1 aliphatic rings. The third-order valence-electron chi connectivity index (χ3n) is 5.92. The third-order valence-corrected chi connectivity index (χ3v) is 7.88. The Hall–Kier alpha value is -2.84. The average Bonchev–Trinajstić information content (AvgIpc) is 3.24. The predicted molar refractivity (Wildman–Crippen MR) is 122 cm³/mol. The lowest BCUT2D eigenvalue weighted by Crippen LogP contribution is -2.45.